The number of unbranched alkanes of at least 4 members (excludes halogenated alkanes) is 1. The lowest BCUT2D eigenvalue weighted by atomic mass is 9.95. The van der Waals surface area contributed by atoms with Gasteiger partial charge in [-0.1, -0.05) is 139 Å². The van der Waals surface area contributed by atoms with Gasteiger partial charge in [0, 0.05) is 58.8 Å². The number of carbonyl (C=O) groups is 18. The van der Waals surface area contributed by atoms with Gasteiger partial charge < -0.3 is 145 Å². The van der Waals surface area contributed by atoms with Crippen LogP contribution in [0.15, 0.2) is 91.0 Å². The molecule has 35 N–H and O–H groups in total. The Bertz CT molecular complexity index is 4630. The van der Waals surface area contributed by atoms with E-state index in [1.165, 1.54) is 11.8 Å². The predicted molar refractivity (Wildman–Crippen MR) is 524 cm³/mol. The molecule has 16 atom stereocenters. The summed E-state index contributed by atoms with van der Waals surface area (Å²) in [7, 11) is 1.15. The molecule has 0 saturated heterocycles. The SMILES string of the molecule is CC[C@H](C)[C@H](NC(=O)[C@H](Cc1ccccc1)N(C)C(=O)[C@H](CC(=O)O)NC(=O)[C@H](CCCNC(=N)N)NC(=O)[C@H](Cc1ccccc1)NC(=O)[C@H](Cc1ccccc1)NC(=O)[C@H](CCCCN)NC(=O)[C@H](CO)NC(=O)[C@H](CC(C)C)NC(=O)[C@H](CCCNC(=N)N)NC(=O)[C@H](CCSC)NC(=O)[C@@H](N)CCC(=O)O)C(=O)N[C@@H](CC(C)C)C(=O)N[C@@H](CCC(N)=O)C(=O)N[C@@H](CCCNC(=N)N)C(=O)O. The van der Waals surface area contributed by atoms with Crippen LogP contribution in [-0.4, -0.2) is 292 Å². The Morgan fingerprint density at radius 2 is 0.723 bits per heavy atom. The number of nitrogens with zero attached hydrogens (tertiary/aromatic N) is 1. The van der Waals surface area contributed by atoms with Gasteiger partial charge >= 0.3 is 17.9 Å². The molecule has 782 valence electrons. The molecule has 3 rings (SSSR count). The van der Waals surface area contributed by atoms with Crippen LogP contribution in [0.1, 0.15) is 174 Å². The molecule has 3 aromatic rings. The number of aliphatic hydroxyl groups is 1. The Balaban J connectivity index is 2.12. The number of amides is 15. The fraction of sp³-hybridized carbons (Fsp3) is 0.576. The highest BCUT2D eigenvalue weighted by atomic mass is 32.2. The zero-order valence-electron chi connectivity index (χ0n) is 81.1. The van der Waals surface area contributed by atoms with Crippen molar-refractivity contribution >= 4 is 136 Å². The molecule has 0 saturated carbocycles. The lowest BCUT2D eigenvalue weighted by molar-refractivity contribution is -0.146. The Kier molecular flexibility index (Phi) is 56.1. The van der Waals surface area contributed by atoms with Gasteiger partial charge in [0.15, 0.2) is 17.9 Å². The summed E-state index contributed by atoms with van der Waals surface area (Å²) in [6.45, 7) is 9.19. The van der Waals surface area contributed by atoms with E-state index >= 15 is 28.8 Å². The molecule has 3 aromatic carbocycles. The highest BCUT2D eigenvalue weighted by Gasteiger charge is 2.42. The van der Waals surface area contributed by atoms with Crippen LogP contribution in [0.2, 0.25) is 0 Å². The Morgan fingerprint density at radius 1 is 0.383 bits per heavy atom. The number of aliphatic hydroxyl groups excluding tert-OH is 1. The van der Waals surface area contributed by atoms with Gasteiger partial charge in [-0.05, 0) is 143 Å². The third-order valence-electron chi connectivity index (χ3n) is 22.5. The molecule has 0 radical (unpaired) electrons. The van der Waals surface area contributed by atoms with Crippen molar-refractivity contribution < 1.29 is 107 Å². The molecule has 0 aliphatic heterocycles. The summed E-state index contributed by atoms with van der Waals surface area (Å²) in [5.41, 5.74) is 35.1. The normalized spacial score (nSPS) is 14.5. The summed E-state index contributed by atoms with van der Waals surface area (Å²) in [6, 6.07) is 0.790. The van der Waals surface area contributed by atoms with Crippen molar-refractivity contribution in [1.29, 1.82) is 16.2 Å². The highest BCUT2D eigenvalue weighted by molar-refractivity contribution is 7.98. The number of benzene rings is 3. The van der Waals surface area contributed by atoms with Crippen LogP contribution in [0.4, 0.5) is 0 Å². The molecule has 0 aliphatic rings. The molecule has 0 bridgehead atoms. The van der Waals surface area contributed by atoms with Gasteiger partial charge in [-0.3, -0.25) is 97.7 Å². The number of carbonyl (C=O) groups excluding carboxylic acids is 15. The Hall–Kier alpha value is -13.8. The fourth-order valence-electron chi connectivity index (χ4n) is 14.6. The van der Waals surface area contributed by atoms with Crippen LogP contribution in [0.3, 0.4) is 0 Å². The maximum absolute atomic E-state index is 15.3. The minimum atomic E-state index is -2.06. The fourth-order valence-corrected chi connectivity index (χ4v) is 15.0. The van der Waals surface area contributed by atoms with E-state index in [0.717, 1.165) is 11.9 Å². The number of likely N-dealkylation sites (N-methyl/N-ethyl adjacent to an activating group) is 1. The Morgan fingerprint density at radius 3 is 1.10 bits per heavy atom. The summed E-state index contributed by atoms with van der Waals surface area (Å²) in [4.78, 5) is 255. The number of aliphatic carboxylic acids is 3. The van der Waals surface area contributed by atoms with Gasteiger partial charge in [0.25, 0.3) is 0 Å². The number of hydrogen-bond donors (Lipinski definition) is 29. The maximum Gasteiger partial charge on any atom is 0.326 e. The number of guanidine groups is 3. The van der Waals surface area contributed by atoms with Crippen molar-refractivity contribution in [1.82, 2.24) is 90.0 Å². The first-order chi connectivity index (χ1) is 66.7. The van der Waals surface area contributed by atoms with Crippen LogP contribution in [-0.2, 0) is 106 Å². The lowest BCUT2D eigenvalue weighted by Gasteiger charge is -2.33. The molecule has 0 aromatic heterocycles. The number of rotatable bonds is 69. The monoisotopic (exact) mass is 2000 g/mol. The van der Waals surface area contributed by atoms with Crippen molar-refractivity contribution in [3.8, 4) is 0 Å². The van der Waals surface area contributed by atoms with E-state index in [1.54, 1.807) is 139 Å². The van der Waals surface area contributed by atoms with E-state index in [0.29, 0.717) is 28.9 Å². The van der Waals surface area contributed by atoms with Crippen molar-refractivity contribution in [2.45, 2.75) is 267 Å². The quantitative estimate of drug-likeness (QED) is 0.0144. The molecule has 0 aliphatic carbocycles. The van der Waals surface area contributed by atoms with Crippen LogP contribution < -0.4 is 119 Å². The summed E-state index contributed by atoms with van der Waals surface area (Å²) >= 11 is 1.33. The smallest absolute Gasteiger partial charge is 0.326 e. The number of carboxylic acids is 3. The molecule has 15 amide bonds. The Labute approximate surface area is 823 Å². The van der Waals surface area contributed by atoms with Gasteiger partial charge in [0.2, 0.25) is 88.6 Å². The zero-order chi connectivity index (χ0) is 106. The standard InChI is InChI=1S/C92H146N26O22S/c1-9-53(6)74(87(137)114-65(45-52(4)5)81(131)109-61(35-36-71(95)120)79(129)110-63(89(139)140)33-23-42-104-92(100)101)117-86(136)70(48-56-28-17-12-18-29-56)118(7)88(138)68(49-73(123)124)115-78(128)60(32-22-41-103-91(98)99)107-83(133)66(46-54-24-13-10-14-25-54)113-84(134)67(47-55-26-15-11-16-27-55)112-76(126)58(30-19-20-39-93)108-85(135)69(50-119)116-82(132)64(44-51(2)3)111-77(127)59(31-21-40-102-90(96)97)106-80(130)62(38-43-141-8)105-75(125)57(94)34-37-72(121)122/h10-18,24-29,51-53,57-70,74,119H,9,19-23,30-50,93-94H2,1-8H3,(H2,95,120)(H,105,125)(H,106,130)(H,107,133)(H,108,135)(H,109,131)(H,110,129)(H,111,127)(H,112,126)(H,113,134)(H,114,137)(H,115,128)(H,116,132)(H,117,136)(H,121,122)(H,123,124)(H,139,140)(H4,96,97,102)(H4,98,99,103)(H4,100,101,104)/t53-,57-,58-,59-,60-,61-,62-,63-,64-,65-,66-,67-,68-,69-,70-,74-/m0/s1. The number of carboxylic acid groups (broad SMARTS) is 3. The second kappa shape index (κ2) is 65.2. The summed E-state index contributed by atoms with van der Waals surface area (Å²) in [5, 5.41) is 105. The number of nitrogens with two attached hydrogens (primary N) is 6. The molecular formula is C92H146N26O22S. The van der Waals surface area contributed by atoms with Crippen molar-refractivity contribution in [3.63, 3.8) is 0 Å². The van der Waals surface area contributed by atoms with Gasteiger partial charge in [0.05, 0.1) is 19.1 Å². The van der Waals surface area contributed by atoms with Gasteiger partial charge in [0.1, 0.15) is 84.6 Å². The zero-order valence-corrected chi connectivity index (χ0v) is 81.9. The number of nitrogens with one attached hydrogen (secondary N) is 19. The van der Waals surface area contributed by atoms with Gasteiger partial charge in [-0.25, -0.2) is 4.79 Å². The van der Waals surface area contributed by atoms with Crippen LogP contribution >= 0.6 is 11.8 Å². The van der Waals surface area contributed by atoms with E-state index < -0.39 is 247 Å². The topological polar surface area (TPSA) is 812 Å². The van der Waals surface area contributed by atoms with Crippen molar-refractivity contribution in [3.05, 3.63) is 108 Å². The number of primary amides is 1. The second-order valence-corrected chi connectivity index (χ2v) is 36.1. The van der Waals surface area contributed by atoms with Crippen molar-refractivity contribution in [2.24, 2.45) is 52.2 Å². The molecule has 0 spiro atoms. The maximum atomic E-state index is 15.3. The van der Waals surface area contributed by atoms with E-state index in [1.807, 2.05) is 0 Å². The molecule has 0 fully saturated rings. The summed E-state index contributed by atoms with van der Waals surface area (Å²) < 4.78 is 0. The van der Waals surface area contributed by atoms with E-state index in [9.17, 15) is 78.0 Å². The predicted octanol–water partition coefficient (Wildman–Crippen LogP) is -4.34. The summed E-state index contributed by atoms with van der Waals surface area (Å²) in [6.07, 6.45) is -2.03. The van der Waals surface area contributed by atoms with Crippen LogP contribution in [0.25, 0.3) is 0 Å². The minimum Gasteiger partial charge on any atom is -0.481 e. The van der Waals surface area contributed by atoms with Crippen LogP contribution in [0, 0.1) is 34.0 Å². The number of hydrogen-bond acceptors (Lipinski definition) is 25. The van der Waals surface area contributed by atoms with E-state index in [-0.39, 0.29) is 147 Å². The highest BCUT2D eigenvalue weighted by Crippen LogP contribution is 2.20. The first-order valence-corrected chi connectivity index (χ1v) is 48.2. The largest absolute Gasteiger partial charge is 0.481 e. The van der Waals surface area contributed by atoms with E-state index in [4.69, 9.17) is 50.6 Å². The third-order valence-corrected chi connectivity index (χ3v) is 23.1. The lowest BCUT2D eigenvalue weighted by Crippen LogP contribution is -2.62. The first-order valence-electron chi connectivity index (χ1n) is 46.8. The molecule has 48 nitrogen and oxygen atoms in total. The second-order valence-electron chi connectivity index (χ2n) is 35.1. The molecule has 0 heterocycles. The molecule has 141 heavy (non-hydrogen) atoms. The average Bonchev–Trinajstić information content (AvgIpc) is 0.814. The minimum absolute atomic E-state index is 0.0359. The number of thioether (sulfide) groups is 1. The molecular weight excluding hydrogens is 1850 g/mol. The first kappa shape index (κ1) is 121. The average molecular weight is 2000 g/mol. The van der Waals surface area contributed by atoms with Gasteiger partial charge in [-0.15, -0.1) is 0 Å². The molecule has 0 unspecified atom stereocenters. The third kappa shape index (κ3) is 47.6. The van der Waals surface area contributed by atoms with Crippen molar-refractivity contribution in [2.75, 3.05) is 51.8 Å². The summed E-state index contributed by atoms with van der Waals surface area (Å²) in [5.74, 6) is -21.6. The van der Waals surface area contributed by atoms with Crippen LogP contribution in [0.5, 0.6) is 0 Å². The molecule has 49 heteroatoms. The van der Waals surface area contributed by atoms with Gasteiger partial charge in [-0.2, -0.15) is 11.8 Å². The van der Waals surface area contributed by atoms with E-state index in [2.05, 4.69) is 85.1 Å².